The van der Waals surface area contributed by atoms with Gasteiger partial charge in [0.2, 0.25) is 0 Å². The summed E-state index contributed by atoms with van der Waals surface area (Å²) in [5.74, 6) is 0. The quantitative estimate of drug-likeness (QED) is 0.436. The third-order valence-corrected chi connectivity index (χ3v) is 6.86. The van der Waals surface area contributed by atoms with E-state index in [1.807, 2.05) is 18.0 Å². The van der Waals surface area contributed by atoms with E-state index in [9.17, 15) is 0 Å². The molecule has 29 heavy (non-hydrogen) atoms. The molecule has 1 saturated heterocycles. The Morgan fingerprint density at radius 2 is 1.72 bits per heavy atom. The van der Waals surface area contributed by atoms with Gasteiger partial charge in [-0.2, -0.15) is 0 Å². The van der Waals surface area contributed by atoms with Crippen LogP contribution < -0.4 is 0 Å². The van der Waals surface area contributed by atoms with Crippen LogP contribution in [0.4, 0.5) is 0 Å². The predicted octanol–water partition coefficient (Wildman–Crippen LogP) is 6.45. The molecule has 0 aliphatic carbocycles. The Labute approximate surface area is 183 Å². The molecule has 1 unspecified atom stereocenters. The van der Waals surface area contributed by atoms with Crippen LogP contribution in [0, 0.1) is 6.92 Å². The van der Waals surface area contributed by atoms with Crippen LogP contribution in [0.2, 0.25) is 5.02 Å². The van der Waals surface area contributed by atoms with Crippen LogP contribution in [0.25, 0.3) is 11.1 Å². The fourth-order valence-corrected chi connectivity index (χ4v) is 4.97. The van der Waals surface area contributed by atoms with E-state index >= 15 is 0 Å². The van der Waals surface area contributed by atoms with E-state index in [-0.39, 0.29) is 0 Å². The van der Waals surface area contributed by atoms with Crippen LogP contribution in [0.5, 0.6) is 0 Å². The molecule has 0 saturated carbocycles. The summed E-state index contributed by atoms with van der Waals surface area (Å²) in [5, 5.41) is 0.808. The number of hydrogen-bond donors (Lipinski definition) is 0. The Balaban J connectivity index is 1.47. The zero-order chi connectivity index (χ0) is 20.2. The Hall–Kier alpha value is -1.78. The molecule has 1 atom stereocenters. The van der Waals surface area contributed by atoms with Crippen molar-refractivity contribution in [3.05, 3.63) is 94.5 Å². The average Bonchev–Trinajstić information content (AvgIpc) is 2.76. The van der Waals surface area contributed by atoms with Gasteiger partial charge in [0.15, 0.2) is 0 Å². The monoisotopic (exact) mass is 422 g/mol. The van der Waals surface area contributed by atoms with Crippen LogP contribution in [-0.2, 0) is 6.54 Å². The first-order valence-electron chi connectivity index (χ1n) is 10.1. The second-order valence-corrected chi connectivity index (χ2v) is 8.91. The Morgan fingerprint density at radius 1 is 0.966 bits per heavy atom. The Morgan fingerprint density at radius 3 is 2.45 bits per heavy atom. The first-order valence-corrected chi connectivity index (χ1v) is 11.6. The molecule has 0 bridgehead atoms. The van der Waals surface area contributed by atoms with Gasteiger partial charge in [-0.1, -0.05) is 89.8 Å². The minimum Gasteiger partial charge on any atom is -0.296 e. The molecule has 3 aromatic rings. The molecule has 0 amide bonds. The highest BCUT2D eigenvalue weighted by Crippen LogP contribution is 2.32. The number of halogens is 1. The van der Waals surface area contributed by atoms with Gasteiger partial charge in [-0.25, -0.2) is 4.31 Å². The van der Waals surface area contributed by atoms with Gasteiger partial charge < -0.3 is 0 Å². The zero-order valence-corrected chi connectivity index (χ0v) is 18.6. The van der Waals surface area contributed by atoms with Crippen LogP contribution in [-0.4, -0.2) is 35.1 Å². The van der Waals surface area contributed by atoms with Gasteiger partial charge in [0.1, 0.15) is 0 Å². The van der Waals surface area contributed by atoms with E-state index in [1.165, 1.54) is 22.3 Å². The minimum atomic E-state index is 0.435. The maximum absolute atomic E-state index is 6.41. The van der Waals surface area contributed by atoms with Crippen molar-refractivity contribution in [2.24, 2.45) is 0 Å². The van der Waals surface area contributed by atoms with Crippen molar-refractivity contribution >= 4 is 23.5 Å². The van der Waals surface area contributed by atoms with Crippen LogP contribution in [0.3, 0.4) is 0 Å². The molecule has 1 aliphatic heterocycles. The lowest BCUT2D eigenvalue weighted by atomic mass is 10.0. The molecule has 2 nitrogen and oxygen atoms in total. The molecule has 4 rings (SSSR count). The van der Waals surface area contributed by atoms with Crippen LogP contribution in [0.1, 0.15) is 22.7 Å². The molecule has 3 aromatic carbocycles. The maximum Gasteiger partial charge on any atom is 0.0579 e. The lowest BCUT2D eigenvalue weighted by molar-refractivity contribution is 0.138. The van der Waals surface area contributed by atoms with E-state index in [2.05, 4.69) is 89.1 Å². The largest absolute Gasteiger partial charge is 0.296 e. The summed E-state index contributed by atoms with van der Waals surface area (Å²) in [5.41, 5.74) is 6.26. The highest BCUT2D eigenvalue weighted by atomic mass is 35.5. The van der Waals surface area contributed by atoms with E-state index < -0.39 is 0 Å². The Bertz CT molecular complexity index is 943. The van der Waals surface area contributed by atoms with Gasteiger partial charge in [0, 0.05) is 36.8 Å². The fraction of sp³-hybridized carbons (Fsp3) is 0.280. The van der Waals surface area contributed by atoms with Gasteiger partial charge in [0.05, 0.1) is 6.04 Å². The van der Waals surface area contributed by atoms with E-state index in [0.717, 1.165) is 36.8 Å². The molecule has 0 N–H and O–H groups in total. The first-order chi connectivity index (χ1) is 14.1. The number of rotatable bonds is 5. The van der Waals surface area contributed by atoms with Crippen molar-refractivity contribution in [1.29, 1.82) is 0 Å². The summed E-state index contributed by atoms with van der Waals surface area (Å²) in [6.07, 6.45) is 2.18. The van der Waals surface area contributed by atoms with Gasteiger partial charge in [-0.15, -0.1) is 0 Å². The number of benzene rings is 3. The van der Waals surface area contributed by atoms with E-state index in [0.29, 0.717) is 6.04 Å². The molecule has 150 valence electrons. The van der Waals surface area contributed by atoms with Gasteiger partial charge in [-0.3, -0.25) is 4.90 Å². The minimum absolute atomic E-state index is 0.435. The number of aryl methyl sites for hydroxylation is 1. The molecule has 0 spiro atoms. The SMILES string of the molecule is CSN1CCN(Cc2ccc(-c3cc(C)ccc3Cl)cc2)CC1c1ccccc1. The van der Waals surface area contributed by atoms with Gasteiger partial charge in [-0.05, 0) is 42.0 Å². The van der Waals surface area contributed by atoms with Crippen molar-refractivity contribution in [3.8, 4) is 11.1 Å². The molecule has 1 aliphatic rings. The van der Waals surface area contributed by atoms with E-state index in [1.54, 1.807) is 0 Å². The summed E-state index contributed by atoms with van der Waals surface area (Å²) in [4.78, 5) is 2.57. The van der Waals surface area contributed by atoms with E-state index in [4.69, 9.17) is 11.6 Å². The molecule has 1 fully saturated rings. The summed E-state index contributed by atoms with van der Waals surface area (Å²) in [6.45, 7) is 6.31. The summed E-state index contributed by atoms with van der Waals surface area (Å²) >= 11 is 8.27. The third-order valence-electron chi connectivity index (χ3n) is 5.63. The molecule has 0 radical (unpaired) electrons. The second kappa shape index (κ2) is 9.36. The zero-order valence-electron chi connectivity index (χ0n) is 17.0. The Kier molecular flexibility index (Phi) is 6.61. The molecule has 4 heteroatoms. The maximum atomic E-state index is 6.41. The van der Waals surface area contributed by atoms with Crippen LogP contribution in [0.15, 0.2) is 72.8 Å². The third kappa shape index (κ3) is 4.87. The average molecular weight is 423 g/mol. The number of piperazine rings is 1. The van der Waals surface area contributed by atoms with Crippen molar-refractivity contribution in [2.45, 2.75) is 19.5 Å². The van der Waals surface area contributed by atoms with Crippen molar-refractivity contribution in [3.63, 3.8) is 0 Å². The topological polar surface area (TPSA) is 6.48 Å². The van der Waals surface area contributed by atoms with Crippen molar-refractivity contribution < 1.29 is 0 Å². The van der Waals surface area contributed by atoms with Gasteiger partial charge in [0.25, 0.3) is 0 Å². The van der Waals surface area contributed by atoms with Crippen molar-refractivity contribution in [1.82, 2.24) is 9.21 Å². The lowest BCUT2D eigenvalue weighted by Gasteiger charge is -2.40. The molecular weight excluding hydrogens is 396 g/mol. The molecule has 0 aromatic heterocycles. The standard InChI is InChI=1S/C25H27ClN2S/c1-19-8-13-24(26)23(16-19)21-11-9-20(10-12-21)17-27-14-15-28(29-2)25(18-27)22-6-4-3-5-7-22/h3-13,16,25H,14-15,17-18H2,1-2H3. The van der Waals surface area contributed by atoms with Crippen molar-refractivity contribution in [2.75, 3.05) is 25.9 Å². The normalized spacial score (nSPS) is 18.1. The first kappa shape index (κ1) is 20.5. The summed E-state index contributed by atoms with van der Waals surface area (Å²) in [6, 6.07) is 26.4. The second-order valence-electron chi connectivity index (χ2n) is 7.67. The highest BCUT2D eigenvalue weighted by Gasteiger charge is 2.27. The lowest BCUT2D eigenvalue weighted by Crippen LogP contribution is -2.45. The smallest absolute Gasteiger partial charge is 0.0579 e. The number of hydrogen-bond acceptors (Lipinski definition) is 3. The number of nitrogens with zero attached hydrogens (tertiary/aromatic N) is 2. The molecular formula is C25H27ClN2S. The fourth-order valence-electron chi connectivity index (χ4n) is 4.04. The van der Waals surface area contributed by atoms with Gasteiger partial charge >= 0.3 is 0 Å². The summed E-state index contributed by atoms with van der Waals surface area (Å²) < 4.78 is 2.51. The van der Waals surface area contributed by atoms with Crippen LogP contribution >= 0.6 is 23.5 Å². The summed E-state index contributed by atoms with van der Waals surface area (Å²) in [7, 11) is 0. The molecule has 1 heterocycles. The highest BCUT2D eigenvalue weighted by molar-refractivity contribution is 7.96. The predicted molar refractivity (Wildman–Crippen MR) is 126 cm³/mol.